The van der Waals surface area contributed by atoms with E-state index in [1.807, 2.05) is 6.92 Å². The Balaban J connectivity index is 1.72. The van der Waals surface area contributed by atoms with Gasteiger partial charge < -0.3 is 19.7 Å². The lowest BCUT2D eigenvalue weighted by atomic mass is 10.1. The monoisotopic (exact) mass is 565 g/mol. The first-order valence-corrected chi connectivity index (χ1v) is 12.1. The highest BCUT2D eigenvalue weighted by Crippen LogP contribution is 2.38. The van der Waals surface area contributed by atoms with Crippen LogP contribution in [0.4, 0.5) is 32.2 Å². The van der Waals surface area contributed by atoms with E-state index in [0.29, 0.717) is 11.5 Å². The molecule has 4 aromatic rings. The summed E-state index contributed by atoms with van der Waals surface area (Å²) in [7, 11) is 0. The first-order chi connectivity index (χ1) is 18.8. The number of ether oxygens (including phenoxy) is 1. The molecule has 1 saturated carbocycles. The highest BCUT2D eigenvalue weighted by Gasteiger charge is 2.34. The molecule has 2 aromatic carbocycles. The number of aromatic carboxylic acids is 1. The highest BCUT2D eigenvalue weighted by molar-refractivity contribution is 5.92. The molecule has 40 heavy (non-hydrogen) atoms. The van der Waals surface area contributed by atoms with Crippen molar-refractivity contribution in [2.45, 2.75) is 44.9 Å². The van der Waals surface area contributed by atoms with Gasteiger partial charge in [-0.25, -0.2) is 19.7 Å². The molecule has 0 aliphatic heterocycles. The Morgan fingerprint density at radius 3 is 2.33 bits per heavy atom. The zero-order chi connectivity index (χ0) is 28.8. The van der Waals surface area contributed by atoms with Gasteiger partial charge >= 0.3 is 18.5 Å². The maximum absolute atomic E-state index is 13.2. The average molecular weight is 565 g/mol. The standard InChI is InChI=1S/C26H21F6N5O3/c1-13(15-8-9-15)33-20-19-21(35-22(34-20)24(38)39)36-23(17-4-2-3-5-18(17)40-26(30,31)32)37(19)12-14-6-10-16(11-7-14)25(27,28)29/h2-7,10-11,13,15H,8-9,12H2,1H3,(H,38,39)(H,33,34,35)/t13-/m1/s1. The number of carbonyl (C=O) groups is 1. The minimum Gasteiger partial charge on any atom is -0.475 e. The summed E-state index contributed by atoms with van der Waals surface area (Å²) in [5.74, 6) is -2.28. The number of nitrogens with one attached hydrogen (secondary N) is 1. The van der Waals surface area contributed by atoms with Crippen molar-refractivity contribution in [2.75, 3.05) is 5.32 Å². The van der Waals surface area contributed by atoms with Crippen LogP contribution >= 0.6 is 0 Å². The van der Waals surface area contributed by atoms with Gasteiger partial charge in [-0.2, -0.15) is 13.2 Å². The molecule has 2 heterocycles. The van der Waals surface area contributed by atoms with E-state index in [2.05, 4.69) is 25.0 Å². The van der Waals surface area contributed by atoms with Crippen LogP contribution in [0.25, 0.3) is 22.6 Å². The number of aromatic nitrogens is 4. The number of carboxylic acid groups (broad SMARTS) is 1. The van der Waals surface area contributed by atoms with Crippen molar-refractivity contribution >= 4 is 23.0 Å². The number of halogens is 6. The zero-order valence-corrected chi connectivity index (χ0v) is 20.7. The van der Waals surface area contributed by atoms with Crippen LogP contribution in [0.2, 0.25) is 0 Å². The van der Waals surface area contributed by atoms with Gasteiger partial charge in [-0.1, -0.05) is 24.3 Å². The highest BCUT2D eigenvalue weighted by atomic mass is 19.4. The number of fused-ring (bicyclic) bond motifs is 1. The third-order valence-corrected chi connectivity index (χ3v) is 6.46. The number of hydrogen-bond acceptors (Lipinski definition) is 6. The molecule has 5 rings (SSSR count). The van der Waals surface area contributed by atoms with Crippen LogP contribution in [0.15, 0.2) is 48.5 Å². The van der Waals surface area contributed by atoms with Gasteiger partial charge in [0, 0.05) is 12.6 Å². The minimum absolute atomic E-state index is 0.0753. The van der Waals surface area contributed by atoms with Crippen molar-refractivity contribution < 1.29 is 41.0 Å². The third-order valence-electron chi connectivity index (χ3n) is 6.46. The van der Waals surface area contributed by atoms with Crippen LogP contribution in [0.1, 0.15) is 41.5 Å². The van der Waals surface area contributed by atoms with Crippen molar-refractivity contribution in [1.29, 1.82) is 0 Å². The van der Waals surface area contributed by atoms with E-state index in [9.17, 15) is 36.2 Å². The number of rotatable bonds is 8. The van der Waals surface area contributed by atoms with Crippen molar-refractivity contribution in [3.63, 3.8) is 0 Å². The summed E-state index contributed by atoms with van der Waals surface area (Å²) >= 11 is 0. The number of benzene rings is 2. The second-order valence-corrected chi connectivity index (χ2v) is 9.40. The quantitative estimate of drug-likeness (QED) is 0.240. The molecule has 14 heteroatoms. The van der Waals surface area contributed by atoms with Crippen LogP contribution < -0.4 is 10.1 Å². The van der Waals surface area contributed by atoms with Crippen molar-refractivity contribution in [1.82, 2.24) is 19.5 Å². The number of nitrogens with zero attached hydrogens (tertiary/aromatic N) is 4. The second-order valence-electron chi connectivity index (χ2n) is 9.40. The molecule has 1 aliphatic rings. The van der Waals surface area contributed by atoms with Gasteiger partial charge in [0.2, 0.25) is 5.82 Å². The summed E-state index contributed by atoms with van der Waals surface area (Å²) in [5.41, 5.74) is -0.546. The number of anilines is 1. The van der Waals surface area contributed by atoms with Crippen molar-refractivity contribution in [2.24, 2.45) is 5.92 Å². The molecule has 0 saturated heterocycles. The summed E-state index contributed by atoms with van der Waals surface area (Å²) in [4.78, 5) is 24.3. The molecule has 0 radical (unpaired) electrons. The Morgan fingerprint density at radius 2 is 1.73 bits per heavy atom. The largest absolute Gasteiger partial charge is 0.573 e. The normalized spacial score (nSPS) is 14.8. The van der Waals surface area contributed by atoms with E-state index in [0.717, 1.165) is 31.0 Å². The number of imidazole rings is 1. The zero-order valence-electron chi connectivity index (χ0n) is 20.7. The van der Waals surface area contributed by atoms with Crippen LogP contribution in [-0.2, 0) is 12.7 Å². The molecule has 1 aliphatic carbocycles. The molecular weight excluding hydrogens is 544 g/mol. The average Bonchev–Trinajstić information content (AvgIpc) is 3.66. The summed E-state index contributed by atoms with van der Waals surface area (Å²) in [5, 5.41) is 12.8. The number of alkyl halides is 6. The lowest BCUT2D eigenvalue weighted by Gasteiger charge is -2.18. The Labute approximate surface area is 222 Å². The summed E-state index contributed by atoms with van der Waals surface area (Å²) in [6.45, 7) is 1.74. The van der Waals surface area contributed by atoms with Crippen LogP contribution in [0.3, 0.4) is 0 Å². The van der Waals surface area contributed by atoms with Gasteiger partial charge in [-0.3, -0.25) is 0 Å². The fourth-order valence-electron chi connectivity index (χ4n) is 4.37. The maximum Gasteiger partial charge on any atom is 0.573 e. The van der Waals surface area contributed by atoms with Crippen molar-refractivity contribution in [3.8, 4) is 17.1 Å². The van der Waals surface area contributed by atoms with E-state index in [4.69, 9.17) is 0 Å². The lowest BCUT2D eigenvalue weighted by molar-refractivity contribution is -0.274. The van der Waals surface area contributed by atoms with E-state index < -0.39 is 35.6 Å². The molecule has 0 unspecified atom stereocenters. The fraction of sp³-hybridized carbons (Fsp3) is 0.308. The first-order valence-electron chi connectivity index (χ1n) is 12.1. The van der Waals surface area contributed by atoms with Gasteiger partial charge in [-0.05, 0) is 55.5 Å². The predicted octanol–water partition coefficient (Wildman–Crippen LogP) is 6.37. The Bertz CT molecular complexity index is 1560. The predicted molar refractivity (Wildman–Crippen MR) is 131 cm³/mol. The van der Waals surface area contributed by atoms with Gasteiger partial charge in [0.1, 0.15) is 17.1 Å². The minimum atomic E-state index is -5.02. The Hall–Kier alpha value is -4.36. The second kappa shape index (κ2) is 9.99. The van der Waals surface area contributed by atoms with Crippen LogP contribution in [0.5, 0.6) is 5.75 Å². The van der Waals surface area contributed by atoms with Gasteiger partial charge in [0.25, 0.3) is 0 Å². The fourth-order valence-corrected chi connectivity index (χ4v) is 4.37. The summed E-state index contributed by atoms with van der Waals surface area (Å²) < 4.78 is 84.7. The van der Waals surface area contributed by atoms with Crippen LogP contribution in [-0.4, -0.2) is 43.0 Å². The third kappa shape index (κ3) is 5.80. The molecule has 0 bridgehead atoms. The molecule has 0 spiro atoms. The molecule has 210 valence electrons. The molecule has 0 amide bonds. The lowest BCUT2D eigenvalue weighted by Crippen LogP contribution is -2.20. The molecule has 1 fully saturated rings. The van der Waals surface area contributed by atoms with Crippen molar-refractivity contribution in [3.05, 3.63) is 65.5 Å². The number of hydrogen-bond donors (Lipinski definition) is 2. The summed E-state index contributed by atoms with van der Waals surface area (Å²) in [6.07, 6.45) is -7.68. The smallest absolute Gasteiger partial charge is 0.475 e. The topological polar surface area (TPSA) is 102 Å². The molecule has 2 N–H and O–H groups in total. The van der Waals surface area contributed by atoms with E-state index >= 15 is 0 Å². The molecule has 8 nitrogen and oxygen atoms in total. The van der Waals surface area contributed by atoms with Gasteiger partial charge in [0.05, 0.1) is 11.1 Å². The maximum atomic E-state index is 13.2. The number of para-hydroxylation sites is 1. The van der Waals surface area contributed by atoms with Crippen LogP contribution in [0, 0.1) is 5.92 Å². The SMILES string of the molecule is C[C@@H](Nc1nc(C(=O)O)nc2nc(-c3ccccc3OC(F)(F)F)n(Cc3ccc(C(F)(F)F)cc3)c12)C1CC1. The summed E-state index contributed by atoms with van der Waals surface area (Å²) in [6, 6.07) is 9.35. The number of carboxylic acids is 1. The molecule has 1 atom stereocenters. The first kappa shape index (κ1) is 27.2. The Kier molecular flexibility index (Phi) is 6.80. The van der Waals surface area contributed by atoms with E-state index in [1.165, 1.54) is 34.9 Å². The molecule has 2 aromatic heterocycles. The van der Waals surface area contributed by atoms with E-state index in [1.54, 1.807) is 0 Å². The van der Waals surface area contributed by atoms with E-state index in [-0.39, 0.29) is 41.0 Å². The van der Waals surface area contributed by atoms with Gasteiger partial charge in [0.15, 0.2) is 11.5 Å². The van der Waals surface area contributed by atoms with Gasteiger partial charge in [-0.15, -0.1) is 13.2 Å². The molecular formula is C26H21F6N5O3. The Morgan fingerprint density at radius 1 is 1.05 bits per heavy atom.